The van der Waals surface area contributed by atoms with Crippen molar-refractivity contribution in [3.05, 3.63) is 34.9 Å². The quantitative estimate of drug-likeness (QED) is 0.814. The second-order valence-electron chi connectivity index (χ2n) is 3.77. The van der Waals surface area contributed by atoms with Gasteiger partial charge < -0.3 is 10.4 Å². The van der Waals surface area contributed by atoms with Crippen LogP contribution in [-0.4, -0.2) is 22.9 Å². The number of carbonyl (C=O) groups is 2. The number of carboxylic acid groups (broad SMARTS) is 1. The average molecular weight is 256 g/mol. The van der Waals surface area contributed by atoms with Crippen LogP contribution in [0.15, 0.2) is 24.3 Å². The van der Waals surface area contributed by atoms with E-state index in [4.69, 9.17) is 16.7 Å². The minimum atomic E-state index is -0.992. The summed E-state index contributed by atoms with van der Waals surface area (Å²) >= 11 is 5.74. The Bertz CT molecular complexity index is 403. The molecule has 4 nitrogen and oxygen atoms in total. The van der Waals surface area contributed by atoms with E-state index in [1.54, 1.807) is 12.1 Å². The van der Waals surface area contributed by atoms with Gasteiger partial charge in [-0.15, -0.1) is 0 Å². The summed E-state index contributed by atoms with van der Waals surface area (Å²) in [5.74, 6) is -1.17. The lowest BCUT2D eigenvalue weighted by Gasteiger charge is -2.13. The Morgan fingerprint density at radius 2 is 1.94 bits per heavy atom. The van der Waals surface area contributed by atoms with Crippen molar-refractivity contribution in [1.29, 1.82) is 0 Å². The van der Waals surface area contributed by atoms with Crippen molar-refractivity contribution in [3.63, 3.8) is 0 Å². The maximum Gasteiger partial charge on any atom is 0.305 e. The van der Waals surface area contributed by atoms with Crippen LogP contribution >= 0.6 is 11.6 Å². The summed E-state index contributed by atoms with van der Waals surface area (Å²) < 4.78 is 0. The number of ketones is 1. The summed E-state index contributed by atoms with van der Waals surface area (Å²) in [4.78, 5) is 21.8. The van der Waals surface area contributed by atoms with Gasteiger partial charge in [-0.3, -0.25) is 9.59 Å². The Balaban J connectivity index is 2.54. The van der Waals surface area contributed by atoms with Gasteiger partial charge in [0.15, 0.2) is 0 Å². The SMILES string of the molecule is CC(=O)C(CC(=O)O)NCc1ccc(Cl)cc1. The number of carbonyl (C=O) groups excluding carboxylic acids is 1. The summed E-state index contributed by atoms with van der Waals surface area (Å²) in [5, 5.41) is 12.2. The molecule has 1 atom stereocenters. The molecule has 0 aliphatic rings. The molecule has 0 aliphatic heterocycles. The van der Waals surface area contributed by atoms with E-state index in [0.717, 1.165) is 5.56 Å². The lowest BCUT2D eigenvalue weighted by molar-refractivity contribution is -0.139. The number of halogens is 1. The zero-order valence-electron chi connectivity index (χ0n) is 9.44. The number of aliphatic carboxylic acids is 1. The first kappa shape index (κ1) is 13.7. The summed E-state index contributed by atoms with van der Waals surface area (Å²) in [6.07, 6.45) is -0.205. The predicted molar refractivity (Wildman–Crippen MR) is 65.0 cm³/mol. The molecule has 0 bridgehead atoms. The maximum absolute atomic E-state index is 11.2. The van der Waals surface area contributed by atoms with Crippen LogP contribution < -0.4 is 5.32 Å². The Hall–Kier alpha value is -1.39. The van der Waals surface area contributed by atoms with E-state index in [1.807, 2.05) is 12.1 Å². The lowest BCUT2D eigenvalue weighted by atomic mass is 10.1. The van der Waals surface area contributed by atoms with Crippen molar-refractivity contribution in [1.82, 2.24) is 5.32 Å². The van der Waals surface area contributed by atoms with Crippen LogP contribution in [-0.2, 0) is 16.1 Å². The van der Waals surface area contributed by atoms with Crippen LogP contribution in [0.2, 0.25) is 5.02 Å². The van der Waals surface area contributed by atoms with Crippen LogP contribution in [0.1, 0.15) is 18.9 Å². The number of benzene rings is 1. The standard InChI is InChI=1S/C12H14ClNO3/c1-8(15)11(6-12(16)17)14-7-9-2-4-10(13)5-3-9/h2-5,11,14H,6-7H2,1H3,(H,16,17). The fourth-order valence-corrected chi connectivity index (χ4v) is 1.50. The lowest BCUT2D eigenvalue weighted by Crippen LogP contribution is -2.36. The number of hydrogen-bond acceptors (Lipinski definition) is 3. The molecule has 0 radical (unpaired) electrons. The van der Waals surface area contributed by atoms with Crippen molar-refractivity contribution < 1.29 is 14.7 Å². The van der Waals surface area contributed by atoms with E-state index in [-0.39, 0.29) is 12.2 Å². The molecule has 0 saturated heterocycles. The Morgan fingerprint density at radius 1 is 1.35 bits per heavy atom. The van der Waals surface area contributed by atoms with Crippen LogP contribution in [0.3, 0.4) is 0 Å². The third kappa shape index (κ3) is 4.97. The normalized spacial score (nSPS) is 12.1. The molecule has 17 heavy (non-hydrogen) atoms. The highest BCUT2D eigenvalue weighted by Crippen LogP contribution is 2.09. The van der Waals surface area contributed by atoms with Crippen LogP contribution in [0.5, 0.6) is 0 Å². The number of carboxylic acids is 1. The Kier molecular flexibility index (Phi) is 5.12. The molecular weight excluding hydrogens is 242 g/mol. The van der Waals surface area contributed by atoms with Gasteiger partial charge in [-0.1, -0.05) is 23.7 Å². The largest absolute Gasteiger partial charge is 0.481 e. The van der Waals surface area contributed by atoms with E-state index in [9.17, 15) is 9.59 Å². The Morgan fingerprint density at radius 3 is 2.41 bits per heavy atom. The van der Waals surface area contributed by atoms with E-state index >= 15 is 0 Å². The van der Waals surface area contributed by atoms with Crippen LogP contribution in [0.4, 0.5) is 0 Å². The fourth-order valence-electron chi connectivity index (χ4n) is 1.38. The maximum atomic E-state index is 11.2. The zero-order chi connectivity index (χ0) is 12.8. The minimum Gasteiger partial charge on any atom is -0.481 e. The van der Waals surface area contributed by atoms with Gasteiger partial charge in [-0.05, 0) is 24.6 Å². The monoisotopic (exact) mass is 255 g/mol. The predicted octanol–water partition coefficient (Wildman–Crippen LogP) is 1.86. The topological polar surface area (TPSA) is 66.4 Å². The smallest absolute Gasteiger partial charge is 0.305 e. The molecule has 0 aliphatic carbocycles. The first-order valence-electron chi connectivity index (χ1n) is 5.19. The van der Waals surface area contributed by atoms with Gasteiger partial charge in [0.25, 0.3) is 0 Å². The average Bonchev–Trinajstić information content (AvgIpc) is 2.25. The van der Waals surface area contributed by atoms with E-state index in [2.05, 4.69) is 5.32 Å². The van der Waals surface area contributed by atoms with Crippen molar-refractivity contribution in [2.75, 3.05) is 0 Å². The molecule has 5 heteroatoms. The highest BCUT2D eigenvalue weighted by atomic mass is 35.5. The second-order valence-corrected chi connectivity index (χ2v) is 4.20. The summed E-state index contributed by atoms with van der Waals surface area (Å²) in [5.41, 5.74) is 0.950. The van der Waals surface area contributed by atoms with Crippen molar-refractivity contribution >= 4 is 23.4 Å². The van der Waals surface area contributed by atoms with Crippen molar-refractivity contribution in [3.8, 4) is 0 Å². The Labute approximate surface area is 105 Å². The van der Waals surface area contributed by atoms with Crippen molar-refractivity contribution in [2.24, 2.45) is 0 Å². The van der Waals surface area contributed by atoms with E-state index in [1.165, 1.54) is 6.92 Å². The van der Waals surface area contributed by atoms with E-state index in [0.29, 0.717) is 11.6 Å². The molecule has 92 valence electrons. The molecular formula is C12H14ClNO3. The highest BCUT2D eigenvalue weighted by Gasteiger charge is 2.16. The first-order chi connectivity index (χ1) is 7.99. The molecule has 1 unspecified atom stereocenters. The molecule has 0 amide bonds. The number of nitrogens with one attached hydrogen (secondary N) is 1. The van der Waals surface area contributed by atoms with Gasteiger partial charge >= 0.3 is 5.97 Å². The molecule has 0 aromatic heterocycles. The molecule has 1 aromatic carbocycles. The third-order valence-electron chi connectivity index (χ3n) is 2.34. The number of Topliss-reactive ketones (excluding diaryl/α,β-unsaturated/α-hetero) is 1. The zero-order valence-corrected chi connectivity index (χ0v) is 10.2. The van der Waals surface area contributed by atoms with Crippen molar-refractivity contribution in [2.45, 2.75) is 25.9 Å². The fraction of sp³-hybridized carbons (Fsp3) is 0.333. The molecule has 1 aromatic rings. The van der Waals surface area contributed by atoms with Gasteiger partial charge in [-0.25, -0.2) is 0 Å². The van der Waals surface area contributed by atoms with Gasteiger partial charge in [0.1, 0.15) is 5.78 Å². The molecule has 0 fully saturated rings. The molecule has 0 spiro atoms. The highest BCUT2D eigenvalue weighted by molar-refractivity contribution is 6.30. The molecule has 1 rings (SSSR count). The molecule has 0 saturated carbocycles. The van der Waals surface area contributed by atoms with Gasteiger partial charge in [0.2, 0.25) is 0 Å². The number of hydrogen-bond donors (Lipinski definition) is 2. The van der Waals surface area contributed by atoms with Gasteiger partial charge in [0.05, 0.1) is 12.5 Å². The second kappa shape index (κ2) is 6.37. The van der Waals surface area contributed by atoms with Crippen LogP contribution in [0, 0.1) is 0 Å². The van der Waals surface area contributed by atoms with Gasteiger partial charge in [0, 0.05) is 11.6 Å². The van der Waals surface area contributed by atoms with Gasteiger partial charge in [-0.2, -0.15) is 0 Å². The summed E-state index contributed by atoms with van der Waals surface area (Å²) in [7, 11) is 0. The third-order valence-corrected chi connectivity index (χ3v) is 2.59. The first-order valence-corrected chi connectivity index (χ1v) is 5.57. The van der Waals surface area contributed by atoms with E-state index < -0.39 is 12.0 Å². The summed E-state index contributed by atoms with van der Waals surface area (Å²) in [6.45, 7) is 1.82. The summed E-state index contributed by atoms with van der Waals surface area (Å²) in [6, 6.07) is 6.50. The minimum absolute atomic E-state index is 0.179. The molecule has 2 N–H and O–H groups in total. The van der Waals surface area contributed by atoms with Crippen LogP contribution in [0.25, 0.3) is 0 Å². The number of rotatable bonds is 6. The molecule has 0 heterocycles.